The Labute approximate surface area is 85.6 Å². The number of ether oxygens (including phenoxy) is 1. The lowest BCUT2D eigenvalue weighted by molar-refractivity contribution is 0.504. The van der Waals surface area contributed by atoms with Crippen molar-refractivity contribution in [3.05, 3.63) is 40.9 Å². The van der Waals surface area contributed by atoms with E-state index in [4.69, 9.17) is 10.00 Å². The number of nitriles is 1. The number of allylic oxidation sites excluding steroid dienone is 1. The fraction of sp³-hybridized carbons (Fsp3) is 0.100. The summed E-state index contributed by atoms with van der Waals surface area (Å²) in [6.07, 6.45) is 4.26. The van der Waals surface area contributed by atoms with E-state index in [9.17, 15) is 0 Å². The summed E-state index contributed by atoms with van der Waals surface area (Å²) in [4.78, 5) is 0. The molecule has 0 heterocycles. The van der Waals surface area contributed by atoms with Gasteiger partial charge in [-0.25, -0.2) is 0 Å². The number of nitrogens with zero attached hydrogens (tertiary/aromatic N) is 1. The summed E-state index contributed by atoms with van der Waals surface area (Å²) in [5.74, 6) is 0.537. The van der Waals surface area contributed by atoms with Crippen molar-refractivity contribution in [1.82, 2.24) is 0 Å². The predicted molar refractivity (Wildman–Crippen MR) is 54.3 cm³/mol. The molecule has 0 bridgehead atoms. The van der Waals surface area contributed by atoms with Crippen LogP contribution in [0.15, 0.2) is 35.3 Å². The summed E-state index contributed by atoms with van der Waals surface area (Å²) in [7, 11) is 0. The number of hydrogen-bond donors (Lipinski definition) is 0. The van der Waals surface area contributed by atoms with Crippen LogP contribution in [0.4, 0.5) is 0 Å². The van der Waals surface area contributed by atoms with Gasteiger partial charge in [0.2, 0.25) is 0 Å². The number of rotatable bonds is 3. The van der Waals surface area contributed by atoms with E-state index in [1.54, 1.807) is 12.3 Å². The van der Waals surface area contributed by atoms with E-state index in [1.165, 1.54) is 0 Å². The summed E-state index contributed by atoms with van der Waals surface area (Å²) < 4.78 is 5.49. The van der Waals surface area contributed by atoms with Crippen molar-refractivity contribution in [2.75, 3.05) is 0 Å². The molecule has 0 fully saturated rings. The lowest BCUT2D eigenvalue weighted by atomic mass is 10.1. The van der Waals surface area contributed by atoms with Gasteiger partial charge in [-0.15, -0.1) is 11.8 Å². The standard InChI is InChI=1S/C10H8BrNO/c1-2-3-8-4-5-10(13-7-12)9(11)6-8/h2,4-6H,1,3H2. The van der Waals surface area contributed by atoms with Crippen LogP contribution in [0.5, 0.6) is 5.75 Å². The van der Waals surface area contributed by atoms with Crippen molar-refractivity contribution in [3.8, 4) is 12.0 Å². The van der Waals surface area contributed by atoms with Crippen molar-refractivity contribution < 1.29 is 4.74 Å². The van der Waals surface area contributed by atoms with Crippen molar-refractivity contribution in [2.24, 2.45) is 0 Å². The third-order valence-electron chi connectivity index (χ3n) is 1.53. The number of halogens is 1. The largest absolute Gasteiger partial charge is 0.387 e. The molecule has 0 aliphatic rings. The van der Waals surface area contributed by atoms with E-state index in [1.807, 2.05) is 18.2 Å². The topological polar surface area (TPSA) is 33.0 Å². The highest BCUT2D eigenvalue weighted by Gasteiger charge is 2.01. The Morgan fingerprint density at radius 2 is 2.38 bits per heavy atom. The maximum atomic E-state index is 8.31. The van der Waals surface area contributed by atoms with Crippen molar-refractivity contribution in [3.63, 3.8) is 0 Å². The molecule has 13 heavy (non-hydrogen) atoms. The zero-order valence-corrected chi connectivity index (χ0v) is 8.54. The third-order valence-corrected chi connectivity index (χ3v) is 2.15. The maximum Gasteiger partial charge on any atom is 0.292 e. The molecule has 66 valence electrons. The minimum atomic E-state index is 0.537. The molecule has 0 aromatic heterocycles. The van der Waals surface area contributed by atoms with Gasteiger partial charge in [-0.2, -0.15) is 0 Å². The first-order valence-electron chi connectivity index (χ1n) is 3.73. The Morgan fingerprint density at radius 3 is 2.92 bits per heavy atom. The molecule has 0 aliphatic carbocycles. The highest BCUT2D eigenvalue weighted by Crippen LogP contribution is 2.25. The molecule has 3 heteroatoms. The van der Waals surface area contributed by atoms with Crippen LogP contribution in [0.3, 0.4) is 0 Å². The first kappa shape index (κ1) is 9.82. The Bertz CT molecular complexity index is 354. The van der Waals surface area contributed by atoms with Gasteiger partial charge in [0, 0.05) is 0 Å². The van der Waals surface area contributed by atoms with Crippen LogP contribution in [0.1, 0.15) is 5.56 Å². The first-order chi connectivity index (χ1) is 6.27. The highest BCUT2D eigenvalue weighted by atomic mass is 79.9. The van der Waals surface area contributed by atoms with Gasteiger partial charge in [-0.3, -0.25) is 0 Å². The molecule has 0 N–H and O–H groups in total. The van der Waals surface area contributed by atoms with E-state index in [0.717, 1.165) is 16.5 Å². The molecule has 0 unspecified atom stereocenters. The van der Waals surface area contributed by atoms with Crippen LogP contribution in [0.25, 0.3) is 0 Å². The quantitative estimate of drug-likeness (QED) is 0.598. The molecule has 0 amide bonds. The fourth-order valence-corrected chi connectivity index (χ4v) is 1.48. The summed E-state index contributed by atoms with van der Waals surface area (Å²) in [5, 5.41) is 8.31. The summed E-state index contributed by atoms with van der Waals surface area (Å²) in [5.41, 5.74) is 1.13. The van der Waals surface area contributed by atoms with Gasteiger partial charge in [0.15, 0.2) is 5.75 Å². The van der Waals surface area contributed by atoms with Gasteiger partial charge in [0.05, 0.1) is 4.47 Å². The van der Waals surface area contributed by atoms with Gasteiger partial charge in [0.25, 0.3) is 6.26 Å². The summed E-state index contributed by atoms with van der Waals surface area (Å²) in [6.45, 7) is 3.65. The second-order valence-corrected chi connectivity index (χ2v) is 3.31. The van der Waals surface area contributed by atoms with E-state index >= 15 is 0 Å². The normalized spacial score (nSPS) is 8.92. The van der Waals surface area contributed by atoms with E-state index < -0.39 is 0 Å². The third kappa shape index (κ3) is 2.60. The number of benzene rings is 1. The Balaban J connectivity index is 2.92. The van der Waals surface area contributed by atoms with Gasteiger partial charge in [-0.1, -0.05) is 12.1 Å². The van der Waals surface area contributed by atoms with Crippen LogP contribution in [-0.4, -0.2) is 0 Å². The molecule has 1 aromatic rings. The minimum Gasteiger partial charge on any atom is -0.387 e. The lowest BCUT2D eigenvalue weighted by Gasteiger charge is -2.01. The van der Waals surface area contributed by atoms with Crippen LogP contribution >= 0.6 is 15.9 Å². The minimum absolute atomic E-state index is 0.537. The molecule has 2 nitrogen and oxygen atoms in total. The van der Waals surface area contributed by atoms with Crippen LogP contribution in [0, 0.1) is 11.5 Å². The predicted octanol–water partition coefficient (Wildman–Crippen LogP) is 3.04. The molecular weight excluding hydrogens is 230 g/mol. The second-order valence-electron chi connectivity index (χ2n) is 2.45. The molecule has 0 saturated carbocycles. The van der Waals surface area contributed by atoms with Crippen molar-refractivity contribution >= 4 is 15.9 Å². The Kier molecular flexibility index (Phi) is 3.53. The highest BCUT2D eigenvalue weighted by molar-refractivity contribution is 9.10. The Hall–Kier alpha value is -1.27. The van der Waals surface area contributed by atoms with Crippen LogP contribution in [-0.2, 0) is 6.42 Å². The molecule has 1 rings (SSSR count). The molecule has 0 atom stereocenters. The molecule has 0 spiro atoms. The summed E-state index contributed by atoms with van der Waals surface area (Å²) >= 11 is 3.31. The maximum absolute atomic E-state index is 8.31. The first-order valence-corrected chi connectivity index (χ1v) is 4.52. The zero-order valence-electron chi connectivity index (χ0n) is 6.96. The molecule has 0 aliphatic heterocycles. The van der Waals surface area contributed by atoms with E-state index in [0.29, 0.717) is 5.75 Å². The lowest BCUT2D eigenvalue weighted by Crippen LogP contribution is -1.86. The van der Waals surface area contributed by atoms with Crippen LogP contribution < -0.4 is 4.74 Å². The molecular formula is C10H8BrNO. The van der Waals surface area contributed by atoms with Crippen molar-refractivity contribution in [1.29, 1.82) is 5.26 Å². The summed E-state index contributed by atoms with van der Waals surface area (Å²) in [6, 6.07) is 5.57. The van der Waals surface area contributed by atoms with Gasteiger partial charge < -0.3 is 4.74 Å². The van der Waals surface area contributed by atoms with Gasteiger partial charge in [-0.05, 0) is 40.0 Å². The number of hydrogen-bond acceptors (Lipinski definition) is 2. The van der Waals surface area contributed by atoms with Crippen molar-refractivity contribution in [2.45, 2.75) is 6.42 Å². The molecule has 0 radical (unpaired) electrons. The van der Waals surface area contributed by atoms with Gasteiger partial charge >= 0.3 is 0 Å². The van der Waals surface area contributed by atoms with E-state index in [2.05, 4.69) is 22.5 Å². The fourth-order valence-electron chi connectivity index (χ4n) is 0.970. The zero-order chi connectivity index (χ0) is 9.68. The van der Waals surface area contributed by atoms with E-state index in [-0.39, 0.29) is 0 Å². The Morgan fingerprint density at radius 1 is 1.62 bits per heavy atom. The monoisotopic (exact) mass is 237 g/mol. The average Bonchev–Trinajstić information content (AvgIpc) is 2.10. The van der Waals surface area contributed by atoms with Gasteiger partial charge in [0.1, 0.15) is 0 Å². The average molecular weight is 238 g/mol. The molecule has 0 saturated heterocycles. The van der Waals surface area contributed by atoms with Crippen LogP contribution in [0.2, 0.25) is 0 Å². The SMILES string of the molecule is C=CCc1ccc(OC#N)c(Br)c1. The smallest absolute Gasteiger partial charge is 0.292 e. The second kappa shape index (κ2) is 4.68. The molecule has 1 aromatic carbocycles.